The zero-order valence-corrected chi connectivity index (χ0v) is 10.1. The Balaban J connectivity index is 1.99. The van der Waals surface area contributed by atoms with E-state index in [9.17, 15) is 14.4 Å². The zero-order chi connectivity index (χ0) is 13.1. The molecule has 1 saturated heterocycles. The normalized spacial score (nSPS) is 15.1. The van der Waals surface area contributed by atoms with Crippen molar-refractivity contribution in [3.63, 3.8) is 0 Å². The van der Waals surface area contributed by atoms with Crippen LogP contribution in [0.4, 0.5) is 5.69 Å². The first-order chi connectivity index (χ1) is 8.58. The molecule has 6 nitrogen and oxygen atoms in total. The molecule has 0 saturated carbocycles. The van der Waals surface area contributed by atoms with Gasteiger partial charge in [-0.1, -0.05) is 11.6 Å². The summed E-state index contributed by atoms with van der Waals surface area (Å²) < 4.78 is 0. The number of hydrogen-bond acceptors (Lipinski definition) is 4. The molecule has 2 rings (SSSR count). The summed E-state index contributed by atoms with van der Waals surface area (Å²) in [6, 6.07) is 3.20. The van der Waals surface area contributed by atoms with E-state index in [0.29, 0.717) is 5.69 Å². The van der Waals surface area contributed by atoms with Crippen molar-refractivity contribution < 1.29 is 14.4 Å². The van der Waals surface area contributed by atoms with Crippen molar-refractivity contribution in [1.29, 1.82) is 0 Å². The van der Waals surface area contributed by atoms with Gasteiger partial charge in [0.1, 0.15) is 6.54 Å². The van der Waals surface area contributed by atoms with Crippen LogP contribution in [-0.4, -0.2) is 34.2 Å². The van der Waals surface area contributed by atoms with Gasteiger partial charge < -0.3 is 5.32 Å². The summed E-state index contributed by atoms with van der Waals surface area (Å²) in [5.74, 6) is -1.13. The van der Waals surface area contributed by atoms with E-state index >= 15 is 0 Å². The number of hydrogen-bond donors (Lipinski definition) is 1. The molecular formula is C11H10ClN3O3. The highest BCUT2D eigenvalue weighted by atomic mass is 35.5. The third-order valence-corrected chi connectivity index (χ3v) is 2.79. The Morgan fingerprint density at radius 2 is 2.06 bits per heavy atom. The zero-order valence-electron chi connectivity index (χ0n) is 9.35. The lowest BCUT2D eigenvalue weighted by atomic mass is 10.4. The second kappa shape index (κ2) is 5.14. The predicted octanol–water partition coefficient (Wildman–Crippen LogP) is 0.822. The van der Waals surface area contributed by atoms with E-state index in [1.807, 2.05) is 0 Å². The second-order valence-corrected chi connectivity index (χ2v) is 4.12. The smallest absolute Gasteiger partial charge is 0.244 e. The van der Waals surface area contributed by atoms with Crippen LogP contribution in [0.25, 0.3) is 0 Å². The quantitative estimate of drug-likeness (QED) is 0.650. The van der Waals surface area contributed by atoms with Gasteiger partial charge in [0.25, 0.3) is 0 Å². The summed E-state index contributed by atoms with van der Waals surface area (Å²) >= 11 is 5.77. The maximum atomic E-state index is 11.7. The van der Waals surface area contributed by atoms with E-state index in [4.69, 9.17) is 11.6 Å². The Kier molecular flexibility index (Phi) is 3.57. The third-order valence-electron chi connectivity index (χ3n) is 2.49. The number of carbonyl (C=O) groups excluding carboxylic acids is 3. The van der Waals surface area contributed by atoms with Crippen LogP contribution in [0.5, 0.6) is 0 Å². The van der Waals surface area contributed by atoms with E-state index in [0.717, 1.165) is 4.90 Å². The highest BCUT2D eigenvalue weighted by Gasteiger charge is 2.30. The van der Waals surface area contributed by atoms with Crippen LogP contribution < -0.4 is 5.32 Å². The number of anilines is 1. The lowest BCUT2D eigenvalue weighted by molar-refractivity contribution is -0.141. The molecule has 1 aromatic rings. The first-order valence-corrected chi connectivity index (χ1v) is 5.69. The number of aromatic nitrogens is 1. The predicted molar refractivity (Wildman–Crippen MR) is 63.8 cm³/mol. The fourth-order valence-electron chi connectivity index (χ4n) is 1.61. The van der Waals surface area contributed by atoms with Crippen LogP contribution in [0.2, 0.25) is 5.15 Å². The molecular weight excluding hydrogens is 258 g/mol. The van der Waals surface area contributed by atoms with Gasteiger partial charge in [0, 0.05) is 19.0 Å². The molecule has 0 bridgehead atoms. The number of nitrogens with one attached hydrogen (secondary N) is 1. The molecule has 0 aliphatic carbocycles. The summed E-state index contributed by atoms with van der Waals surface area (Å²) in [6.07, 6.45) is 1.82. The van der Waals surface area contributed by atoms with E-state index in [1.165, 1.54) is 6.20 Å². The lowest BCUT2D eigenvalue weighted by Crippen LogP contribution is -2.36. The van der Waals surface area contributed by atoms with Crippen LogP contribution in [0, 0.1) is 0 Å². The number of rotatable bonds is 3. The van der Waals surface area contributed by atoms with Crippen molar-refractivity contribution in [2.75, 3.05) is 11.9 Å². The summed E-state index contributed by atoms with van der Waals surface area (Å²) in [5.41, 5.74) is 0.350. The van der Waals surface area contributed by atoms with Crippen molar-refractivity contribution in [3.8, 4) is 0 Å². The standard InChI is InChI=1S/C11H10ClN3O3/c12-11-7(2-1-5-13-11)14-8(16)6-15-9(17)3-4-10(15)18/h1-2,5H,3-4,6H2,(H,14,16). The number of imide groups is 1. The number of pyridine rings is 1. The molecule has 1 fully saturated rings. The van der Waals surface area contributed by atoms with Crippen molar-refractivity contribution in [3.05, 3.63) is 23.5 Å². The largest absolute Gasteiger partial charge is 0.322 e. The molecule has 0 radical (unpaired) electrons. The highest BCUT2D eigenvalue weighted by molar-refractivity contribution is 6.32. The van der Waals surface area contributed by atoms with Gasteiger partial charge in [-0.25, -0.2) is 4.98 Å². The minimum absolute atomic E-state index is 0.157. The van der Waals surface area contributed by atoms with E-state index in [1.54, 1.807) is 12.1 Å². The van der Waals surface area contributed by atoms with E-state index in [-0.39, 0.29) is 36.4 Å². The van der Waals surface area contributed by atoms with Gasteiger partial charge >= 0.3 is 0 Å². The number of likely N-dealkylation sites (tertiary alicyclic amines) is 1. The topological polar surface area (TPSA) is 79.4 Å². The average Bonchev–Trinajstić information content (AvgIpc) is 2.64. The van der Waals surface area contributed by atoms with Crippen molar-refractivity contribution in [2.24, 2.45) is 0 Å². The van der Waals surface area contributed by atoms with Gasteiger partial charge in [0.15, 0.2) is 5.15 Å². The van der Waals surface area contributed by atoms with Crippen LogP contribution in [0.3, 0.4) is 0 Å². The van der Waals surface area contributed by atoms with Gasteiger partial charge in [-0.05, 0) is 12.1 Å². The Morgan fingerprint density at radius 3 is 2.67 bits per heavy atom. The monoisotopic (exact) mass is 267 g/mol. The fourth-order valence-corrected chi connectivity index (χ4v) is 1.78. The SMILES string of the molecule is O=C(CN1C(=O)CCC1=O)Nc1cccnc1Cl. The molecule has 7 heteroatoms. The van der Waals surface area contributed by atoms with E-state index < -0.39 is 5.91 Å². The summed E-state index contributed by atoms with van der Waals surface area (Å²) in [6.45, 7) is -0.289. The van der Waals surface area contributed by atoms with Gasteiger partial charge in [0.05, 0.1) is 5.69 Å². The van der Waals surface area contributed by atoms with Crippen molar-refractivity contribution in [1.82, 2.24) is 9.88 Å². The lowest BCUT2D eigenvalue weighted by Gasteiger charge is -2.13. The summed E-state index contributed by atoms with van der Waals surface area (Å²) in [7, 11) is 0. The molecule has 0 unspecified atom stereocenters. The van der Waals surface area contributed by atoms with Crippen LogP contribution >= 0.6 is 11.6 Å². The van der Waals surface area contributed by atoms with Gasteiger partial charge in [-0.3, -0.25) is 19.3 Å². The van der Waals surface area contributed by atoms with Crippen LogP contribution in [-0.2, 0) is 14.4 Å². The Hall–Kier alpha value is -1.95. The molecule has 0 atom stereocenters. The summed E-state index contributed by atoms with van der Waals surface area (Å²) in [5, 5.41) is 2.66. The van der Waals surface area contributed by atoms with Gasteiger partial charge in [-0.15, -0.1) is 0 Å². The molecule has 0 spiro atoms. The molecule has 1 aliphatic rings. The summed E-state index contributed by atoms with van der Waals surface area (Å²) in [4.78, 5) is 39.1. The first-order valence-electron chi connectivity index (χ1n) is 5.31. The number of carbonyl (C=O) groups is 3. The Bertz CT molecular complexity index is 502. The molecule has 94 valence electrons. The number of nitrogens with zero attached hydrogens (tertiary/aromatic N) is 2. The number of amides is 3. The number of halogens is 1. The maximum absolute atomic E-state index is 11.7. The molecule has 1 aliphatic heterocycles. The molecule has 0 aromatic carbocycles. The average molecular weight is 268 g/mol. The van der Waals surface area contributed by atoms with Gasteiger partial charge in [0.2, 0.25) is 17.7 Å². The Morgan fingerprint density at radius 1 is 1.39 bits per heavy atom. The van der Waals surface area contributed by atoms with Crippen molar-refractivity contribution >= 4 is 35.0 Å². The Labute approximate surface area is 108 Å². The van der Waals surface area contributed by atoms with E-state index in [2.05, 4.69) is 10.3 Å². The highest BCUT2D eigenvalue weighted by Crippen LogP contribution is 2.18. The third kappa shape index (κ3) is 2.65. The maximum Gasteiger partial charge on any atom is 0.244 e. The molecule has 1 aromatic heterocycles. The van der Waals surface area contributed by atoms with Crippen LogP contribution in [0.1, 0.15) is 12.8 Å². The minimum Gasteiger partial charge on any atom is -0.322 e. The molecule has 3 amide bonds. The fraction of sp³-hybridized carbons (Fsp3) is 0.273. The molecule has 18 heavy (non-hydrogen) atoms. The first kappa shape index (κ1) is 12.5. The minimum atomic E-state index is -0.478. The molecule has 1 N–H and O–H groups in total. The van der Waals surface area contributed by atoms with Crippen LogP contribution in [0.15, 0.2) is 18.3 Å². The molecule has 2 heterocycles. The second-order valence-electron chi connectivity index (χ2n) is 3.76. The van der Waals surface area contributed by atoms with Gasteiger partial charge in [-0.2, -0.15) is 0 Å². The van der Waals surface area contributed by atoms with Crippen molar-refractivity contribution in [2.45, 2.75) is 12.8 Å².